The fourth-order valence-corrected chi connectivity index (χ4v) is 3.20. The molecule has 27 heavy (non-hydrogen) atoms. The third kappa shape index (κ3) is 3.90. The lowest BCUT2D eigenvalue weighted by atomic mass is 10.2. The molecular weight excluding hydrogens is 350 g/mol. The van der Waals surface area contributed by atoms with E-state index >= 15 is 0 Å². The van der Waals surface area contributed by atoms with E-state index in [9.17, 15) is 9.59 Å². The first kappa shape index (κ1) is 17.4. The van der Waals surface area contributed by atoms with Gasteiger partial charge in [-0.3, -0.25) is 14.5 Å². The summed E-state index contributed by atoms with van der Waals surface area (Å²) in [5.41, 5.74) is 0.549. The van der Waals surface area contributed by atoms with E-state index in [1.807, 2.05) is 0 Å². The van der Waals surface area contributed by atoms with Crippen LogP contribution >= 0.6 is 0 Å². The van der Waals surface area contributed by atoms with Gasteiger partial charge in [-0.15, -0.1) is 0 Å². The number of nitrogens with zero attached hydrogens (tertiary/aromatic N) is 2. The summed E-state index contributed by atoms with van der Waals surface area (Å²) in [4.78, 5) is 28.5. The van der Waals surface area contributed by atoms with E-state index in [4.69, 9.17) is 13.9 Å². The molecule has 1 fully saturated rings. The lowest BCUT2D eigenvalue weighted by molar-refractivity contribution is 0.0607. The highest BCUT2D eigenvalue weighted by Crippen LogP contribution is 2.32. The number of ether oxygens (including phenoxy) is 2. The zero-order valence-electron chi connectivity index (χ0n) is 14.8. The van der Waals surface area contributed by atoms with E-state index in [0.717, 1.165) is 19.6 Å². The second kappa shape index (κ2) is 7.71. The molecular formula is C19H21N3O5. The summed E-state index contributed by atoms with van der Waals surface area (Å²) < 4.78 is 15.7. The van der Waals surface area contributed by atoms with Gasteiger partial charge < -0.3 is 24.1 Å². The first-order valence-corrected chi connectivity index (χ1v) is 8.94. The number of nitrogens with one attached hydrogen (secondary N) is 1. The van der Waals surface area contributed by atoms with Crippen LogP contribution in [0.4, 0.5) is 0 Å². The standard InChI is InChI=1S/C19H21N3O5/c23-18(14-3-4-15-17(12-14)27-13-26-15)20-5-6-21-7-9-22(10-8-21)19(24)16-2-1-11-25-16/h1-4,11-12H,5-10,13H2,(H,20,23). The maximum Gasteiger partial charge on any atom is 0.289 e. The number of furan rings is 1. The first-order chi connectivity index (χ1) is 13.2. The van der Waals surface area contributed by atoms with E-state index in [0.29, 0.717) is 42.5 Å². The smallest absolute Gasteiger partial charge is 0.289 e. The Morgan fingerprint density at radius 1 is 1.04 bits per heavy atom. The van der Waals surface area contributed by atoms with E-state index in [1.165, 1.54) is 6.26 Å². The molecule has 0 unspecified atom stereocenters. The van der Waals surface area contributed by atoms with Crippen LogP contribution in [0.15, 0.2) is 41.0 Å². The van der Waals surface area contributed by atoms with Crippen LogP contribution in [0, 0.1) is 0 Å². The zero-order valence-corrected chi connectivity index (χ0v) is 14.8. The third-order valence-electron chi connectivity index (χ3n) is 4.74. The minimum atomic E-state index is -0.139. The molecule has 2 aliphatic heterocycles. The Hall–Kier alpha value is -3.00. The number of fused-ring (bicyclic) bond motifs is 1. The molecule has 4 rings (SSSR count). The van der Waals surface area contributed by atoms with Crippen LogP contribution < -0.4 is 14.8 Å². The Kier molecular flexibility index (Phi) is 4.97. The van der Waals surface area contributed by atoms with Gasteiger partial charge in [0, 0.05) is 44.8 Å². The highest BCUT2D eigenvalue weighted by molar-refractivity contribution is 5.95. The summed E-state index contributed by atoms with van der Waals surface area (Å²) in [6.07, 6.45) is 1.51. The van der Waals surface area contributed by atoms with Crippen LogP contribution in [-0.4, -0.2) is 67.7 Å². The van der Waals surface area contributed by atoms with Crippen LogP contribution in [0.3, 0.4) is 0 Å². The van der Waals surface area contributed by atoms with Gasteiger partial charge in [0.1, 0.15) is 0 Å². The lowest BCUT2D eigenvalue weighted by Gasteiger charge is -2.34. The summed E-state index contributed by atoms with van der Waals surface area (Å²) in [6, 6.07) is 8.55. The number of hydrogen-bond acceptors (Lipinski definition) is 6. The van der Waals surface area contributed by atoms with Crippen molar-refractivity contribution in [3.63, 3.8) is 0 Å². The number of hydrogen-bond donors (Lipinski definition) is 1. The monoisotopic (exact) mass is 371 g/mol. The molecule has 0 atom stereocenters. The second-order valence-corrected chi connectivity index (χ2v) is 6.44. The fourth-order valence-electron chi connectivity index (χ4n) is 3.20. The summed E-state index contributed by atoms with van der Waals surface area (Å²) in [5.74, 6) is 1.42. The number of carbonyl (C=O) groups excluding carboxylic acids is 2. The van der Waals surface area contributed by atoms with E-state index in [-0.39, 0.29) is 18.6 Å². The minimum absolute atomic E-state index is 0.0734. The molecule has 0 saturated carbocycles. The summed E-state index contributed by atoms with van der Waals surface area (Å²) in [5, 5.41) is 2.92. The molecule has 0 spiro atoms. The molecule has 3 heterocycles. The van der Waals surface area contributed by atoms with Crippen LogP contribution in [0.5, 0.6) is 11.5 Å². The van der Waals surface area contributed by atoms with Gasteiger partial charge in [0.05, 0.1) is 6.26 Å². The Morgan fingerprint density at radius 3 is 2.63 bits per heavy atom. The molecule has 1 aromatic carbocycles. The van der Waals surface area contributed by atoms with Crippen molar-refractivity contribution in [3.05, 3.63) is 47.9 Å². The largest absolute Gasteiger partial charge is 0.459 e. The van der Waals surface area contributed by atoms with Crippen LogP contribution in [0.25, 0.3) is 0 Å². The summed E-state index contributed by atoms with van der Waals surface area (Å²) >= 11 is 0. The molecule has 142 valence electrons. The Bertz CT molecular complexity index is 813. The lowest BCUT2D eigenvalue weighted by Crippen LogP contribution is -2.50. The molecule has 1 aromatic heterocycles. The van der Waals surface area contributed by atoms with Crippen LogP contribution in [-0.2, 0) is 0 Å². The van der Waals surface area contributed by atoms with E-state index in [2.05, 4.69) is 10.2 Å². The van der Waals surface area contributed by atoms with Gasteiger partial charge in [-0.2, -0.15) is 0 Å². The normalized spacial score (nSPS) is 16.4. The topological polar surface area (TPSA) is 84.3 Å². The molecule has 0 radical (unpaired) electrons. The SMILES string of the molecule is O=C(NCCN1CCN(C(=O)c2ccco2)CC1)c1ccc2c(c1)OCO2. The third-order valence-corrected chi connectivity index (χ3v) is 4.74. The van der Waals surface area contributed by atoms with Gasteiger partial charge in [0.2, 0.25) is 6.79 Å². The number of amides is 2. The van der Waals surface area contributed by atoms with Crippen molar-refractivity contribution in [1.82, 2.24) is 15.1 Å². The highest BCUT2D eigenvalue weighted by atomic mass is 16.7. The van der Waals surface area contributed by atoms with Gasteiger partial charge in [0.15, 0.2) is 17.3 Å². The zero-order chi connectivity index (χ0) is 18.6. The first-order valence-electron chi connectivity index (χ1n) is 8.94. The Morgan fingerprint density at radius 2 is 1.85 bits per heavy atom. The van der Waals surface area contributed by atoms with Crippen molar-refractivity contribution in [2.45, 2.75) is 0 Å². The van der Waals surface area contributed by atoms with Gasteiger partial charge in [-0.05, 0) is 30.3 Å². The molecule has 0 aliphatic carbocycles. The maximum atomic E-state index is 12.3. The average molecular weight is 371 g/mol. The van der Waals surface area contributed by atoms with Crippen molar-refractivity contribution < 1.29 is 23.5 Å². The molecule has 2 amide bonds. The van der Waals surface area contributed by atoms with Crippen molar-refractivity contribution in [2.75, 3.05) is 46.1 Å². The second-order valence-electron chi connectivity index (χ2n) is 6.44. The van der Waals surface area contributed by atoms with E-state index < -0.39 is 0 Å². The number of benzene rings is 1. The van der Waals surface area contributed by atoms with Gasteiger partial charge in [-0.1, -0.05) is 0 Å². The van der Waals surface area contributed by atoms with Crippen molar-refractivity contribution in [1.29, 1.82) is 0 Å². The minimum Gasteiger partial charge on any atom is -0.459 e. The Labute approximate surface area is 156 Å². The summed E-state index contributed by atoms with van der Waals surface area (Å²) in [7, 11) is 0. The predicted octanol–water partition coefficient (Wildman–Crippen LogP) is 1.20. The van der Waals surface area contributed by atoms with Crippen LogP contribution in [0.2, 0.25) is 0 Å². The number of carbonyl (C=O) groups is 2. The Balaban J connectivity index is 1.20. The van der Waals surface area contributed by atoms with Crippen molar-refractivity contribution in [2.24, 2.45) is 0 Å². The molecule has 2 aromatic rings. The molecule has 1 N–H and O–H groups in total. The number of piperazine rings is 1. The van der Waals surface area contributed by atoms with Gasteiger partial charge in [-0.25, -0.2) is 0 Å². The molecule has 8 nitrogen and oxygen atoms in total. The number of rotatable bonds is 5. The fraction of sp³-hybridized carbons (Fsp3) is 0.368. The highest BCUT2D eigenvalue weighted by Gasteiger charge is 2.23. The maximum absolute atomic E-state index is 12.3. The van der Waals surface area contributed by atoms with Gasteiger partial charge >= 0.3 is 0 Å². The summed E-state index contributed by atoms with van der Waals surface area (Å²) in [6.45, 7) is 4.30. The van der Waals surface area contributed by atoms with Crippen molar-refractivity contribution in [3.8, 4) is 11.5 Å². The quantitative estimate of drug-likeness (QED) is 0.850. The average Bonchev–Trinajstić information content (AvgIpc) is 3.39. The predicted molar refractivity (Wildman–Crippen MR) is 95.9 cm³/mol. The molecule has 8 heteroatoms. The van der Waals surface area contributed by atoms with E-state index in [1.54, 1.807) is 35.2 Å². The van der Waals surface area contributed by atoms with Crippen LogP contribution in [0.1, 0.15) is 20.9 Å². The molecule has 1 saturated heterocycles. The van der Waals surface area contributed by atoms with Crippen molar-refractivity contribution >= 4 is 11.8 Å². The molecule has 2 aliphatic rings. The molecule has 0 bridgehead atoms. The van der Waals surface area contributed by atoms with Gasteiger partial charge in [0.25, 0.3) is 11.8 Å².